The number of hydrogen-bond donors (Lipinski definition) is 2. The van der Waals surface area contributed by atoms with Crippen LogP contribution in [0.25, 0.3) is 0 Å². The van der Waals surface area contributed by atoms with Gasteiger partial charge in [-0.15, -0.1) is 0 Å². The summed E-state index contributed by atoms with van der Waals surface area (Å²) in [6, 6.07) is 1.87. The Hall–Kier alpha value is -0.800. The first-order chi connectivity index (χ1) is 7.47. The number of halogens is 1. The lowest BCUT2D eigenvalue weighted by atomic mass is 9.90. The summed E-state index contributed by atoms with van der Waals surface area (Å²) in [5.74, 6) is 0.585. The fourth-order valence-corrected chi connectivity index (χ4v) is 2.05. The summed E-state index contributed by atoms with van der Waals surface area (Å²) in [7, 11) is 0. The molecule has 1 aromatic heterocycles. The molecular weight excluding hydrogens is 222 g/mol. The van der Waals surface area contributed by atoms with E-state index in [4.69, 9.17) is 17.3 Å². The second-order valence-corrected chi connectivity index (χ2v) is 5.25. The molecule has 1 aromatic rings. The Labute approximate surface area is 102 Å². The molecule has 16 heavy (non-hydrogen) atoms. The van der Waals surface area contributed by atoms with E-state index in [1.807, 2.05) is 6.07 Å². The van der Waals surface area contributed by atoms with Crippen molar-refractivity contribution < 1.29 is 0 Å². The topological polar surface area (TPSA) is 50.9 Å². The third-order valence-corrected chi connectivity index (χ3v) is 2.82. The predicted octanol–water partition coefficient (Wildman–Crippen LogP) is 2.91. The van der Waals surface area contributed by atoms with Crippen LogP contribution in [0.2, 0.25) is 5.02 Å². The van der Waals surface area contributed by atoms with E-state index in [0.717, 1.165) is 12.1 Å². The van der Waals surface area contributed by atoms with E-state index >= 15 is 0 Å². The highest BCUT2D eigenvalue weighted by atomic mass is 35.5. The zero-order valence-electron chi connectivity index (χ0n) is 10.1. The highest BCUT2D eigenvalue weighted by molar-refractivity contribution is 6.33. The van der Waals surface area contributed by atoms with E-state index in [2.05, 4.69) is 31.1 Å². The molecule has 0 aromatic carbocycles. The fourth-order valence-electron chi connectivity index (χ4n) is 1.89. The van der Waals surface area contributed by atoms with Crippen LogP contribution in [0.4, 0.5) is 5.69 Å². The summed E-state index contributed by atoms with van der Waals surface area (Å²) < 4.78 is 0. The highest BCUT2D eigenvalue weighted by Crippen LogP contribution is 2.26. The Morgan fingerprint density at radius 2 is 2.25 bits per heavy atom. The molecule has 0 radical (unpaired) electrons. The van der Waals surface area contributed by atoms with Crippen molar-refractivity contribution >= 4 is 17.3 Å². The Morgan fingerprint density at radius 3 is 2.75 bits per heavy atom. The highest BCUT2D eigenvalue weighted by Gasteiger charge is 2.24. The van der Waals surface area contributed by atoms with Crippen LogP contribution in [0.1, 0.15) is 27.2 Å². The van der Waals surface area contributed by atoms with Gasteiger partial charge in [0.1, 0.15) is 0 Å². The van der Waals surface area contributed by atoms with Gasteiger partial charge in [0, 0.05) is 24.5 Å². The maximum atomic E-state index is 6.06. The van der Waals surface area contributed by atoms with Crippen LogP contribution in [0.5, 0.6) is 0 Å². The number of anilines is 1. The van der Waals surface area contributed by atoms with Crippen LogP contribution in [-0.2, 0) is 0 Å². The van der Waals surface area contributed by atoms with Crippen LogP contribution in [0, 0.1) is 5.92 Å². The molecule has 0 saturated carbocycles. The molecular formula is C12H20ClN3. The molecule has 3 nitrogen and oxygen atoms in total. The first-order valence-electron chi connectivity index (χ1n) is 5.54. The van der Waals surface area contributed by atoms with Gasteiger partial charge in [-0.3, -0.25) is 4.98 Å². The minimum absolute atomic E-state index is 0.126. The molecule has 0 fully saturated rings. The number of pyridine rings is 1. The van der Waals surface area contributed by atoms with Crippen molar-refractivity contribution in [3.63, 3.8) is 0 Å². The second kappa shape index (κ2) is 5.51. The van der Waals surface area contributed by atoms with Gasteiger partial charge in [0.25, 0.3) is 0 Å². The molecule has 0 aliphatic rings. The molecule has 0 spiro atoms. The van der Waals surface area contributed by atoms with E-state index in [-0.39, 0.29) is 5.54 Å². The molecule has 1 atom stereocenters. The lowest BCUT2D eigenvalue weighted by molar-refractivity contribution is 0.407. The standard InChI is InChI=1S/C12H20ClN3/c1-9(2)6-12(3,8-14)16-11-4-5-15-7-10(11)13/h4-5,7,9H,6,8,14H2,1-3H3,(H,15,16). The SMILES string of the molecule is CC(C)CC(C)(CN)Nc1ccncc1Cl. The van der Waals surface area contributed by atoms with Gasteiger partial charge >= 0.3 is 0 Å². The number of nitrogens with two attached hydrogens (primary N) is 1. The van der Waals surface area contributed by atoms with Crippen molar-refractivity contribution in [2.75, 3.05) is 11.9 Å². The molecule has 0 amide bonds. The van der Waals surface area contributed by atoms with Crippen LogP contribution < -0.4 is 11.1 Å². The number of rotatable bonds is 5. The lowest BCUT2D eigenvalue weighted by Crippen LogP contribution is -2.43. The molecule has 0 aliphatic heterocycles. The quantitative estimate of drug-likeness (QED) is 0.834. The number of nitrogens with zero attached hydrogens (tertiary/aromatic N) is 1. The lowest BCUT2D eigenvalue weighted by Gasteiger charge is -2.32. The van der Waals surface area contributed by atoms with E-state index in [0.29, 0.717) is 17.5 Å². The van der Waals surface area contributed by atoms with Crippen LogP contribution in [0.15, 0.2) is 18.5 Å². The average Bonchev–Trinajstić information content (AvgIpc) is 2.20. The number of nitrogens with one attached hydrogen (secondary N) is 1. The Morgan fingerprint density at radius 1 is 1.56 bits per heavy atom. The Bertz CT molecular complexity index is 341. The molecule has 3 N–H and O–H groups in total. The zero-order valence-corrected chi connectivity index (χ0v) is 10.9. The first kappa shape index (κ1) is 13.3. The average molecular weight is 242 g/mol. The van der Waals surface area contributed by atoms with Gasteiger partial charge in [-0.05, 0) is 25.3 Å². The molecule has 1 unspecified atom stereocenters. The number of hydrogen-bond acceptors (Lipinski definition) is 3. The monoisotopic (exact) mass is 241 g/mol. The van der Waals surface area contributed by atoms with Crippen LogP contribution in [0.3, 0.4) is 0 Å². The summed E-state index contributed by atoms with van der Waals surface area (Å²) in [5, 5.41) is 4.04. The molecule has 4 heteroatoms. The fraction of sp³-hybridized carbons (Fsp3) is 0.583. The summed E-state index contributed by atoms with van der Waals surface area (Å²) in [6.45, 7) is 7.06. The van der Waals surface area contributed by atoms with Crippen molar-refractivity contribution in [3.05, 3.63) is 23.5 Å². The summed E-state index contributed by atoms with van der Waals surface area (Å²) in [4.78, 5) is 3.96. The summed E-state index contributed by atoms with van der Waals surface area (Å²) in [6.07, 6.45) is 4.36. The maximum absolute atomic E-state index is 6.06. The van der Waals surface area contributed by atoms with Gasteiger partial charge < -0.3 is 11.1 Å². The van der Waals surface area contributed by atoms with Gasteiger partial charge in [0.05, 0.1) is 10.7 Å². The molecule has 0 saturated heterocycles. The molecule has 1 heterocycles. The van der Waals surface area contributed by atoms with Crippen LogP contribution in [-0.4, -0.2) is 17.1 Å². The largest absolute Gasteiger partial charge is 0.377 e. The first-order valence-corrected chi connectivity index (χ1v) is 5.92. The van der Waals surface area contributed by atoms with Crippen molar-refractivity contribution in [3.8, 4) is 0 Å². The van der Waals surface area contributed by atoms with Gasteiger partial charge in [-0.2, -0.15) is 0 Å². The van der Waals surface area contributed by atoms with Crippen LogP contribution >= 0.6 is 11.6 Å². The van der Waals surface area contributed by atoms with Gasteiger partial charge in [0.2, 0.25) is 0 Å². The molecule has 0 aliphatic carbocycles. The Kier molecular flexibility index (Phi) is 4.56. The third kappa shape index (κ3) is 3.65. The summed E-state index contributed by atoms with van der Waals surface area (Å²) in [5.41, 5.74) is 6.60. The van der Waals surface area contributed by atoms with E-state index in [1.165, 1.54) is 0 Å². The predicted molar refractivity (Wildman–Crippen MR) is 69.8 cm³/mol. The van der Waals surface area contributed by atoms with E-state index < -0.39 is 0 Å². The summed E-state index contributed by atoms with van der Waals surface area (Å²) >= 11 is 6.06. The van der Waals surface area contributed by atoms with E-state index in [9.17, 15) is 0 Å². The second-order valence-electron chi connectivity index (χ2n) is 4.84. The van der Waals surface area contributed by atoms with Crippen molar-refractivity contribution in [1.82, 2.24) is 4.98 Å². The smallest absolute Gasteiger partial charge is 0.0820 e. The van der Waals surface area contributed by atoms with E-state index in [1.54, 1.807) is 12.4 Å². The zero-order chi connectivity index (χ0) is 12.2. The van der Waals surface area contributed by atoms with Gasteiger partial charge in [-0.25, -0.2) is 0 Å². The normalized spacial score (nSPS) is 14.9. The minimum atomic E-state index is -0.126. The maximum Gasteiger partial charge on any atom is 0.0820 e. The minimum Gasteiger partial charge on any atom is -0.377 e. The molecule has 0 bridgehead atoms. The molecule has 1 rings (SSSR count). The van der Waals surface area contributed by atoms with Gasteiger partial charge in [0.15, 0.2) is 0 Å². The van der Waals surface area contributed by atoms with Crippen molar-refractivity contribution in [2.24, 2.45) is 11.7 Å². The van der Waals surface area contributed by atoms with Gasteiger partial charge in [-0.1, -0.05) is 25.4 Å². The third-order valence-electron chi connectivity index (χ3n) is 2.52. The molecule has 90 valence electrons. The van der Waals surface area contributed by atoms with Crippen molar-refractivity contribution in [1.29, 1.82) is 0 Å². The number of aromatic nitrogens is 1. The van der Waals surface area contributed by atoms with Crippen molar-refractivity contribution in [2.45, 2.75) is 32.7 Å². The Balaban J connectivity index is 2.81.